The van der Waals surface area contributed by atoms with Crippen LogP contribution in [0.25, 0.3) is 0 Å². The second-order valence-corrected chi connectivity index (χ2v) is 11.4. The Morgan fingerprint density at radius 1 is 0.682 bits per heavy atom. The van der Waals surface area contributed by atoms with E-state index in [2.05, 4.69) is 14.8 Å². The molecule has 0 bridgehead atoms. The lowest BCUT2D eigenvalue weighted by atomic mass is 9.94. The predicted molar refractivity (Wildman–Crippen MR) is 135 cm³/mol. The van der Waals surface area contributed by atoms with Gasteiger partial charge in [0, 0.05) is 13.8 Å². The molecule has 44 heavy (non-hydrogen) atoms. The highest BCUT2D eigenvalue weighted by molar-refractivity contribution is 7.80. The van der Waals surface area contributed by atoms with Crippen LogP contribution < -0.4 is 10.6 Å². The van der Waals surface area contributed by atoms with Crippen LogP contribution in [0.4, 0.5) is 0 Å². The van der Waals surface area contributed by atoms with E-state index in [0.717, 1.165) is 13.8 Å². The van der Waals surface area contributed by atoms with E-state index in [4.69, 9.17) is 28.2 Å². The Labute approximate surface area is 250 Å². The quantitative estimate of drug-likeness (QED) is 0.0912. The number of hydrogen-bond acceptors (Lipinski definition) is 18. The second kappa shape index (κ2) is 15.3. The number of rotatable bonds is 11. The fourth-order valence-electron chi connectivity index (χ4n) is 5.00. The summed E-state index contributed by atoms with van der Waals surface area (Å²) in [5.41, 5.74) is 0. The minimum atomic E-state index is -5.11. The zero-order valence-corrected chi connectivity index (χ0v) is 24.1. The number of carbonyl (C=O) groups excluding carboxylic acids is 2. The molecule has 0 aromatic heterocycles. The lowest BCUT2D eigenvalue weighted by Crippen LogP contribution is -2.71. The largest absolute Gasteiger partial charge is 0.397 e. The Balaban J connectivity index is 2.02. The Bertz CT molecular complexity index is 1080. The van der Waals surface area contributed by atoms with Gasteiger partial charge in [-0.05, 0) is 0 Å². The molecular weight excluding hydrogens is 628 g/mol. The van der Waals surface area contributed by atoms with Gasteiger partial charge in [0.15, 0.2) is 18.9 Å². The number of aliphatic hydroxyl groups is 8. The van der Waals surface area contributed by atoms with Gasteiger partial charge in [-0.3, -0.25) is 14.1 Å². The number of carbonyl (C=O) groups is 2. The summed E-state index contributed by atoms with van der Waals surface area (Å²) >= 11 is 0. The highest BCUT2D eigenvalue weighted by Gasteiger charge is 2.54. The highest BCUT2D eigenvalue weighted by Crippen LogP contribution is 2.32. The maximum Gasteiger partial charge on any atom is 0.397 e. The summed E-state index contributed by atoms with van der Waals surface area (Å²) in [6.07, 6.45) is -23.4. The first-order chi connectivity index (χ1) is 20.5. The van der Waals surface area contributed by atoms with Crippen LogP contribution in [-0.2, 0) is 47.9 Å². The Morgan fingerprint density at radius 3 is 1.70 bits per heavy atom. The van der Waals surface area contributed by atoms with Crippen molar-refractivity contribution in [3.63, 3.8) is 0 Å². The van der Waals surface area contributed by atoms with Crippen LogP contribution in [0.5, 0.6) is 0 Å². The maximum atomic E-state index is 12.2. The summed E-state index contributed by atoms with van der Waals surface area (Å²) in [4.78, 5) is 24.1. The molecule has 256 valence electrons. The van der Waals surface area contributed by atoms with Crippen LogP contribution in [0.1, 0.15) is 13.8 Å². The SMILES string of the molecule is CC(=O)N[C@H]1[C@H](O[C@H]2[C@@H](O)[C@@H](CO)OC(O)[C@@H]2NC(C)=O)O[C@H](COS(=O)(=O)O)[C@@H](O)[C@@H]1O[C@@H]1O[C@H](CO)[C@H](O)[C@H](O)[C@H]1O. The third-order valence-electron chi connectivity index (χ3n) is 7.10. The van der Waals surface area contributed by atoms with Gasteiger partial charge in [-0.25, -0.2) is 4.18 Å². The Morgan fingerprint density at radius 2 is 1.16 bits per heavy atom. The van der Waals surface area contributed by atoms with Gasteiger partial charge in [0.25, 0.3) is 0 Å². The third kappa shape index (κ3) is 8.75. The molecule has 22 heteroatoms. The second-order valence-electron chi connectivity index (χ2n) is 10.3. The van der Waals surface area contributed by atoms with Crippen molar-refractivity contribution in [2.24, 2.45) is 0 Å². The molecule has 0 aromatic rings. The molecule has 0 saturated carbocycles. The highest BCUT2D eigenvalue weighted by atomic mass is 32.3. The Hall–Kier alpha value is -1.71. The average Bonchev–Trinajstić information content (AvgIpc) is 2.93. The molecule has 3 heterocycles. The van der Waals surface area contributed by atoms with Gasteiger partial charge in [-0.1, -0.05) is 0 Å². The van der Waals surface area contributed by atoms with Crippen LogP contribution in [0.2, 0.25) is 0 Å². The standard InChI is InChI=1S/C22H38N2O19S/c1-6(27)23-11-18(14(30)9(4-26)39-20(11)34)42-21-12(24-7(2)28)19(15(31)10(41-21)5-38-44(35,36)37)43-22-17(33)16(32)13(29)8(3-25)40-22/h8-22,25-26,29-34H,3-5H2,1-2H3,(H,23,27)(H,24,28)(H,35,36,37)/t8-,9-,10-,11-,12-,13+,14+,15-,16+,17-,18-,19-,20?,21+,22+/m1/s1. The van der Waals surface area contributed by atoms with E-state index >= 15 is 0 Å². The first-order valence-corrected chi connectivity index (χ1v) is 14.6. The fraction of sp³-hybridized carbons (Fsp3) is 0.909. The molecule has 0 aromatic carbocycles. The van der Waals surface area contributed by atoms with E-state index in [0.29, 0.717) is 0 Å². The van der Waals surface area contributed by atoms with Gasteiger partial charge >= 0.3 is 10.4 Å². The summed E-state index contributed by atoms with van der Waals surface area (Å²) < 4.78 is 63.6. The van der Waals surface area contributed by atoms with Crippen molar-refractivity contribution >= 4 is 22.2 Å². The zero-order valence-electron chi connectivity index (χ0n) is 23.3. The van der Waals surface area contributed by atoms with Crippen molar-refractivity contribution in [3.05, 3.63) is 0 Å². The van der Waals surface area contributed by atoms with E-state index in [9.17, 15) is 58.9 Å². The minimum absolute atomic E-state index is 0.720. The smallest absolute Gasteiger partial charge is 0.394 e. The van der Waals surface area contributed by atoms with E-state index in [1.54, 1.807) is 0 Å². The maximum absolute atomic E-state index is 12.2. The van der Waals surface area contributed by atoms with Crippen LogP contribution in [0.15, 0.2) is 0 Å². The van der Waals surface area contributed by atoms with E-state index in [1.165, 1.54) is 0 Å². The molecule has 0 spiro atoms. The topological polar surface area (TPSA) is 330 Å². The molecule has 0 radical (unpaired) electrons. The van der Waals surface area contributed by atoms with Crippen molar-refractivity contribution in [2.45, 2.75) is 106 Å². The average molecular weight is 667 g/mol. The molecule has 3 aliphatic rings. The van der Waals surface area contributed by atoms with Gasteiger partial charge in [0.1, 0.15) is 73.1 Å². The summed E-state index contributed by atoms with van der Waals surface area (Å²) in [6.45, 7) is -0.703. The third-order valence-corrected chi connectivity index (χ3v) is 7.53. The molecule has 15 atom stereocenters. The van der Waals surface area contributed by atoms with Gasteiger partial charge in [0.05, 0.1) is 19.8 Å². The molecule has 2 amide bonds. The van der Waals surface area contributed by atoms with E-state index in [-0.39, 0.29) is 0 Å². The monoisotopic (exact) mass is 666 g/mol. The number of aliphatic hydroxyl groups excluding tert-OH is 8. The number of hydrogen-bond donors (Lipinski definition) is 11. The minimum Gasteiger partial charge on any atom is -0.394 e. The van der Waals surface area contributed by atoms with Crippen molar-refractivity contribution in [2.75, 3.05) is 19.8 Å². The van der Waals surface area contributed by atoms with Crippen molar-refractivity contribution < 1.29 is 91.3 Å². The molecular formula is C22H38N2O19S. The lowest BCUT2D eigenvalue weighted by Gasteiger charge is -2.49. The molecule has 0 aliphatic carbocycles. The molecule has 3 rings (SSSR count). The Kier molecular flexibility index (Phi) is 12.7. The first-order valence-electron chi connectivity index (χ1n) is 13.2. The molecule has 21 nitrogen and oxygen atoms in total. The number of ether oxygens (including phenoxy) is 5. The number of amides is 2. The van der Waals surface area contributed by atoms with Gasteiger partial charge < -0.3 is 75.2 Å². The molecule has 3 saturated heterocycles. The van der Waals surface area contributed by atoms with Crippen molar-refractivity contribution in [1.82, 2.24) is 10.6 Å². The normalized spacial score (nSPS) is 43.3. The molecule has 3 aliphatic heterocycles. The first kappa shape index (κ1) is 36.8. The molecule has 3 fully saturated rings. The lowest BCUT2D eigenvalue weighted by molar-refractivity contribution is -0.356. The summed E-state index contributed by atoms with van der Waals surface area (Å²) in [6, 6.07) is -3.19. The molecule has 1 unspecified atom stereocenters. The van der Waals surface area contributed by atoms with Crippen LogP contribution in [0.3, 0.4) is 0 Å². The molecule has 11 N–H and O–H groups in total. The summed E-state index contributed by atoms with van der Waals surface area (Å²) in [7, 11) is -5.11. The van der Waals surface area contributed by atoms with Crippen LogP contribution in [-0.4, -0.2) is 177 Å². The van der Waals surface area contributed by atoms with Crippen molar-refractivity contribution in [1.29, 1.82) is 0 Å². The van der Waals surface area contributed by atoms with Crippen LogP contribution in [0, 0.1) is 0 Å². The van der Waals surface area contributed by atoms with E-state index in [1.807, 2.05) is 0 Å². The van der Waals surface area contributed by atoms with Gasteiger partial charge in [0.2, 0.25) is 11.8 Å². The van der Waals surface area contributed by atoms with Crippen LogP contribution >= 0.6 is 0 Å². The predicted octanol–water partition coefficient (Wildman–Crippen LogP) is -7.46. The summed E-state index contributed by atoms with van der Waals surface area (Å²) in [5.74, 6) is -1.52. The van der Waals surface area contributed by atoms with E-state index < -0.39 is 134 Å². The fourth-order valence-corrected chi connectivity index (χ4v) is 5.30. The van der Waals surface area contributed by atoms with Gasteiger partial charge in [-0.15, -0.1) is 0 Å². The van der Waals surface area contributed by atoms with Crippen molar-refractivity contribution in [3.8, 4) is 0 Å². The van der Waals surface area contributed by atoms with Gasteiger partial charge in [-0.2, -0.15) is 8.42 Å². The number of nitrogens with one attached hydrogen (secondary N) is 2. The summed E-state index contributed by atoms with van der Waals surface area (Å²) in [5, 5.41) is 87.0. The zero-order chi connectivity index (χ0) is 33.1.